The molecule has 14 aromatic carbocycles. The van der Waals surface area contributed by atoms with Crippen LogP contribution in [0.2, 0.25) is 0 Å². The van der Waals surface area contributed by atoms with Crippen molar-refractivity contribution in [2.24, 2.45) is 0 Å². The summed E-state index contributed by atoms with van der Waals surface area (Å²) in [7, 11) is 0. The molecule has 0 aliphatic heterocycles. The van der Waals surface area contributed by atoms with E-state index in [2.05, 4.69) is 221 Å². The first-order valence-corrected chi connectivity index (χ1v) is 37.4. The normalized spacial score (nSPS) is 11.8. The zero-order valence-corrected chi connectivity index (χ0v) is 59.9. The fraction of sp³-hybridized carbons (Fsp3) is 0. The van der Waals surface area contributed by atoms with Crippen LogP contribution in [0.1, 0.15) is 0 Å². The molecule has 0 saturated heterocycles. The monoisotopic (exact) mass is 1430 g/mol. The van der Waals surface area contributed by atoms with Crippen molar-refractivity contribution in [3.05, 3.63) is 364 Å². The number of hydrogen-bond donors (Lipinski definition) is 0. The lowest BCUT2D eigenvalue weighted by Gasteiger charge is -2.14. The number of rotatable bonds is 13. The van der Waals surface area contributed by atoms with Crippen molar-refractivity contribution < 1.29 is 8.83 Å². The van der Waals surface area contributed by atoms with Crippen LogP contribution in [-0.2, 0) is 0 Å². The minimum Gasteiger partial charge on any atom is -0.456 e. The predicted molar refractivity (Wildman–Crippen MR) is 452 cm³/mol. The Hall–Kier alpha value is -15.4. The maximum absolute atomic E-state index is 7.19. The average molecular weight is 1430 g/mol. The molecule has 112 heavy (non-hydrogen) atoms. The third-order valence-electron chi connectivity index (χ3n) is 21.5. The van der Waals surface area contributed by atoms with Crippen LogP contribution in [0.25, 0.3) is 223 Å². The van der Waals surface area contributed by atoms with Crippen LogP contribution in [0.15, 0.2) is 373 Å². The minimum absolute atomic E-state index is 0.490. The molecular weight excluding hydrogens is 1370 g/mol. The van der Waals surface area contributed by atoms with Crippen molar-refractivity contribution in [1.82, 2.24) is 49.0 Å². The lowest BCUT2D eigenvalue weighted by Crippen LogP contribution is -2.02. The Morgan fingerprint density at radius 3 is 1.14 bits per heavy atom. The van der Waals surface area contributed by atoms with Crippen molar-refractivity contribution in [1.29, 1.82) is 0 Å². The van der Waals surface area contributed by atoms with Gasteiger partial charge in [0.05, 0.1) is 33.5 Å². The first kappa shape index (κ1) is 63.8. The van der Waals surface area contributed by atoms with Gasteiger partial charge >= 0.3 is 0 Å². The van der Waals surface area contributed by atoms with E-state index in [0.717, 1.165) is 171 Å². The Kier molecular flexibility index (Phi) is 15.0. The predicted octanol–water partition coefficient (Wildman–Crippen LogP) is 25.2. The van der Waals surface area contributed by atoms with Gasteiger partial charge in [0.2, 0.25) is 0 Å². The van der Waals surface area contributed by atoms with Crippen LogP contribution in [0.3, 0.4) is 0 Å². The fourth-order valence-electron chi connectivity index (χ4n) is 16.3. The molecule has 0 spiro atoms. The fourth-order valence-corrected chi connectivity index (χ4v) is 16.3. The lowest BCUT2D eigenvalue weighted by molar-refractivity contribution is 0.669. The van der Waals surface area contributed by atoms with Gasteiger partial charge in [-0.15, -0.1) is 0 Å². The topological polar surface area (TPSA) is 139 Å². The quantitative estimate of drug-likeness (QED) is 0.110. The van der Waals surface area contributed by atoms with Crippen LogP contribution >= 0.6 is 0 Å². The van der Waals surface area contributed by atoms with Gasteiger partial charge in [-0.2, -0.15) is 0 Å². The van der Waals surface area contributed by atoms with Crippen LogP contribution in [0, 0.1) is 0 Å². The van der Waals surface area contributed by atoms with Gasteiger partial charge in [-0.3, -0.25) is 9.97 Å². The molecule has 0 saturated carbocycles. The summed E-state index contributed by atoms with van der Waals surface area (Å²) in [4.78, 5) is 42.1. The highest BCUT2D eigenvalue weighted by molar-refractivity contribution is 6.30. The second-order valence-corrected chi connectivity index (χ2v) is 28.1. The first-order chi connectivity index (χ1) is 55.5. The number of hydrogen-bond acceptors (Lipinski definition) is 10. The molecule has 0 radical (unpaired) electrons. The van der Waals surface area contributed by atoms with E-state index in [1.807, 2.05) is 152 Å². The number of benzene rings is 14. The van der Waals surface area contributed by atoms with Gasteiger partial charge in [-0.05, 0) is 113 Å². The number of pyridine rings is 2. The molecule has 0 N–H and O–H groups in total. The number of nitrogens with zero attached hydrogens (tertiary/aromatic N) is 10. The summed E-state index contributed by atoms with van der Waals surface area (Å²) in [5.41, 5.74) is 23.4. The average Bonchev–Trinajstić information content (AvgIpc) is 1.55. The molecule has 0 unspecified atom stereocenters. The zero-order valence-electron chi connectivity index (χ0n) is 59.9. The van der Waals surface area contributed by atoms with E-state index in [9.17, 15) is 0 Å². The maximum Gasteiger partial charge on any atom is 0.166 e. The molecular formula is C100H60N10O2. The number of furan rings is 2. The van der Waals surface area contributed by atoms with Crippen molar-refractivity contribution in [3.63, 3.8) is 0 Å². The molecule has 12 nitrogen and oxygen atoms in total. The molecule has 22 rings (SSSR count). The Bertz CT molecular complexity index is 7340. The van der Waals surface area contributed by atoms with E-state index in [1.165, 1.54) is 0 Å². The number of para-hydroxylation sites is 4. The molecule has 0 aliphatic rings. The molecule has 0 amide bonds. The standard InChI is InChI=1S/C100H60N10O2/c1-8-25-61(26-9-1)70-56-80(100-107-97(66-31-14-4-15-32-66)104-98(108-100)67-33-16-5-17-34-67)93(102-60-70)78-41-24-40-77-91-86(112-94(77)78)54-52-83-89(91)75-49-47-68(57-84(75)110(83)73-37-20-7-21-38-73)62-43-45-63(46-44-62)71-55-79(99-105-95(64-27-10-2-11-28-64)103-96(106-99)65-29-12-3-13-30-65)92(101-59-71)69-48-50-76-87(58-69)111-85-53-51-82-88(90(76)85)74-39-22-23-42-81(74)109(82)72-35-18-6-19-36-72/h1-60H. The highest BCUT2D eigenvalue weighted by Gasteiger charge is 2.27. The molecule has 12 heteroatoms. The van der Waals surface area contributed by atoms with E-state index in [1.54, 1.807) is 0 Å². The number of aromatic nitrogens is 10. The summed E-state index contributed by atoms with van der Waals surface area (Å²) in [6.45, 7) is 0. The van der Waals surface area contributed by atoms with Crippen molar-refractivity contribution in [2.45, 2.75) is 0 Å². The second-order valence-electron chi connectivity index (χ2n) is 28.1. The Balaban J connectivity index is 0.672. The summed E-state index contributed by atoms with van der Waals surface area (Å²) in [6, 6.07) is 122. The van der Waals surface area contributed by atoms with E-state index in [0.29, 0.717) is 51.9 Å². The molecule has 0 fully saturated rings. The molecule has 8 aromatic heterocycles. The zero-order chi connectivity index (χ0) is 73.7. The van der Waals surface area contributed by atoms with Gasteiger partial charge in [-0.1, -0.05) is 261 Å². The Morgan fingerprint density at radius 1 is 0.205 bits per heavy atom. The van der Waals surface area contributed by atoms with Crippen LogP contribution in [0.5, 0.6) is 0 Å². The Labute approximate surface area is 641 Å². The van der Waals surface area contributed by atoms with Gasteiger partial charge in [0, 0.05) is 122 Å². The number of fused-ring (bicyclic) bond motifs is 14. The highest BCUT2D eigenvalue weighted by Crippen LogP contribution is 2.48. The van der Waals surface area contributed by atoms with E-state index >= 15 is 0 Å². The minimum atomic E-state index is 0.490. The summed E-state index contributed by atoms with van der Waals surface area (Å²) < 4.78 is 18.8. The van der Waals surface area contributed by atoms with Crippen LogP contribution in [0.4, 0.5) is 0 Å². The van der Waals surface area contributed by atoms with Crippen molar-refractivity contribution in [3.8, 4) is 136 Å². The highest BCUT2D eigenvalue weighted by atomic mass is 16.3. The molecule has 0 atom stereocenters. The largest absolute Gasteiger partial charge is 0.456 e. The van der Waals surface area contributed by atoms with Gasteiger partial charge in [-0.25, -0.2) is 29.9 Å². The SMILES string of the molecule is c1ccc(-c2cnc(-c3cccc4c3oc3ccc5c(c6ccc(-c7ccc(-c8cnc(-c9ccc%10c(c9)oc9ccc%11c(c%12ccccc%12n%11-c%11ccccc%11)c9%10)c(-c9nc(-c%10ccccc%10)nc(-c%10ccccc%10)n9)c8)cc7)cc6n5-c5ccccc5)c34)c(-c3nc(-c4ccccc4)nc(-c4ccccc4)n3)c2)cc1. The summed E-state index contributed by atoms with van der Waals surface area (Å²) in [5, 5.41) is 8.52. The third-order valence-corrected chi connectivity index (χ3v) is 21.5. The molecule has 0 bridgehead atoms. The van der Waals surface area contributed by atoms with E-state index in [-0.39, 0.29) is 0 Å². The van der Waals surface area contributed by atoms with E-state index in [4.69, 9.17) is 48.7 Å². The summed E-state index contributed by atoms with van der Waals surface area (Å²) in [5.74, 6) is 3.21. The smallest absolute Gasteiger partial charge is 0.166 e. The molecule has 22 aromatic rings. The molecule has 0 aliphatic carbocycles. The maximum atomic E-state index is 7.19. The van der Waals surface area contributed by atoms with Crippen LogP contribution < -0.4 is 0 Å². The lowest BCUT2D eigenvalue weighted by atomic mass is 9.96. The van der Waals surface area contributed by atoms with Gasteiger partial charge in [0.25, 0.3) is 0 Å². The molecule has 522 valence electrons. The summed E-state index contributed by atoms with van der Waals surface area (Å²) >= 11 is 0. The van der Waals surface area contributed by atoms with E-state index < -0.39 is 0 Å². The van der Waals surface area contributed by atoms with Crippen molar-refractivity contribution in [2.75, 3.05) is 0 Å². The second kappa shape index (κ2) is 26.2. The molecule has 8 heterocycles. The van der Waals surface area contributed by atoms with Crippen LogP contribution in [-0.4, -0.2) is 49.0 Å². The summed E-state index contributed by atoms with van der Waals surface area (Å²) in [6.07, 6.45) is 3.89. The van der Waals surface area contributed by atoms with Gasteiger partial charge < -0.3 is 18.0 Å². The first-order valence-electron chi connectivity index (χ1n) is 37.4. The Morgan fingerprint density at radius 2 is 0.598 bits per heavy atom. The third kappa shape index (κ3) is 10.8. The van der Waals surface area contributed by atoms with Gasteiger partial charge in [0.1, 0.15) is 22.3 Å². The van der Waals surface area contributed by atoms with Gasteiger partial charge in [0.15, 0.2) is 34.9 Å². The van der Waals surface area contributed by atoms with Crippen molar-refractivity contribution >= 4 is 87.5 Å².